The molecule has 0 aliphatic carbocycles. The Bertz CT molecular complexity index is 558. The van der Waals surface area contributed by atoms with E-state index in [2.05, 4.69) is 22.6 Å². The van der Waals surface area contributed by atoms with Crippen LogP contribution in [-0.2, 0) is 5.75 Å². The van der Waals surface area contributed by atoms with E-state index >= 15 is 0 Å². The molecule has 5 heteroatoms. The molecule has 0 bridgehead atoms. The Labute approximate surface area is 104 Å². The normalized spacial score (nSPS) is 10.2. The molecule has 17 heavy (non-hydrogen) atoms. The second-order valence-electron chi connectivity index (χ2n) is 3.39. The fourth-order valence-electron chi connectivity index (χ4n) is 1.41. The summed E-state index contributed by atoms with van der Waals surface area (Å²) >= 11 is 4.15. The first kappa shape index (κ1) is 11.6. The van der Waals surface area contributed by atoms with Crippen molar-refractivity contribution in [3.8, 4) is 11.4 Å². The highest BCUT2D eigenvalue weighted by Crippen LogP contribution is 2.15. The third-order valence-corrected chi connectivity index (χ3v) is 2.52. The number of aromatic carboxylic acids is 1. The fraction of sp³-hybridized carbons (Fsp3) is 0.0833. The van der Waals surface area contributed by atoms with Gasteiger partial charge in [0.05, 0.1) is 17.1 Å². The van der Waals surface area contributed by atoms with Gasteiger partial charge in [-0.1, -0.05) is 12.1 Å². The lowest BCUT2D eigenvalue weighted by molar-refractivity contribution is 0.0690. The molecular weight excluding hydrogens is 236 g/mol. The minimum absolute atomic E-state index is 0.0144. The van der Waals surface area contributed by atoms with Crippen LogP contribution in [-0.4, -0.2) is 21.0 Å². The van der Waals surface area contributed by atoms with Gasteiger partial charge >= 0.3 is 5.97 Å². The maximum atomic E-state index is 10.8. The van der Waals surface area contributed by atoms with E-state index in [9.17, 15) is 4.79 Å². The van der Waals surface area contributed by atoms with E-state index in [1.165, 1.54) is 6.07 Å². The summed E-state index contributed by atoms with van der Waals surface area (Å²) in [7, 11) is 0. The molecule has 2 rings (SSSR count). The zero-order chi connectivity index (χ0) is 12.3. The smallest absolute Gasteiger partial charge is 0.354 e. The van der Waals surface area contributed by atoms with Crippen molar-refractivity contribution >= 4 is 18.6 Å². The van der Waals surface area contributed by atoms with Gasteiger partial charge < -0.3 is 5.11 Å². The number of nitrogens with zero attached hydrogens (tertiary/aromatic N) is 2. The first-order chi connectivity index (χ1) is 8.20. The molecule has 0 aliphatic rings. The number of hydrogen-bond acceptors (Lipinski definition) is 4. The summed E-state index contributed by atoms with van der Waals surface area (Å²) in [4.78, 5) is 19.2. The van der Waals surface area contributed by atoms with Crippen LogP contribution in [0.25, 0.3) is 11.4 Å². The van der Waals surface area contributed by atoms with Crippen molar-refractivity contribution in [1.82, 2.24) is 9.97 Å². The molecule has 0 amide bonds. The van der Waals surface area contributed by atoms with Gasteiger partial charge in [0.1, 0.15) is 5.69 Å². The van der Waals surface area contributed by atoms with Gasteiger partial charge in [0, 0.05) is 5.75 Å². The third-order valence-electron chi connectivity index (χ3n) is 2.20. The lowest BCUT2D eigenvalue weighted by Gasteiger charge is -2.03. The van der Waals surface area contributed by atoms with Crippen molar-refractivity contribution < 1.29 is 9.90 Å². The van der Waals surface area contributed by atoms with E-state index in [0.29, 0.717) is 17.1 Å². The van der Waals surface area contributed by atoms with Crippen molar-refractivity contribution in [2.24, 2.45) is 0 Å². The molecule has 0 atom stereocenters. The highest BCUT2D eigenvalue weighted by molar-refractivity contribution is 7.79. The molecule has 86 valence electrons. The maximum absolute atomic E-state index is 10.8. The van der Waals surface area contributed by atoms with Crippen LogP contribution in [0.15, 0.2) is 36.4 Å². The van der Waals surface area contributed by atoms with Crippen molar-refractivity contribution in [3.63, 3.8) is 0 Å². The van der Waals surface area contributed by atoms with Crippen LogP contribution in [0.4, 0.5) is 0 Å². The lowest BCUT2D eigenvalue weighted by Crippen LogP contribution is -2.01. The van der Waals surface area contributed by atoms with Gasteiger partial charge in [0.25, 0.3) is 0 Å². The Morgan fingerprint density at radius 3 is 2.41 bits per heavy atom. The van der Waals surface area contributed by atoms with E-state index in [0.717, 1.165) is 5.69 Å². The Morgan fingerprint density at radius 1 is 1.12 bits per heavy atom. The highest BCUT2D eigenvalue weighted by atomic mass is 32.1. The standard InChI is InChI=1S/C12H10N2O2S/c15-12(16)11-6-2-5-10(14-11)9-4-1-3-8(7-17)13-9/h1-6,17H,7H2,(H,15,16). The van der Waals surface area contributed by atoms with Crippen LogP contribution in [0.3, 0.4) is 0 Å². The summed E-state index contributed by atoms with van der Waals surface area (Å²) in [5.41, 5.74) is 2.04. The average Bonchev–Trinajstić information content (AvgIpc) is 2.39. The summed E-state index contributed by atoms with van der Waals surface area (Å²) in [5, 5.41) is 8.86. The van der Waals surface area contributed by atoms with Crippen LogP contribution in [0.5, 0.6) is 0 Å². The van der Waals surface area contributed by atoms with Crippen molar-refractivity contribution in [3.05, 3.63) is 47.8 Å². The number of carboxylic acid groups (broad SMARTS) is 1. The first-order valence-corrected chi connectivity index (χ1v) is 5.61. The summed E-state index contributed by atoms with van der Waals surface area (Å²) < 4.78 is 0. The first-order valence-electron chi connectivity index (χ1n) is 4.98. The van der Waals surface area contributed by atoms with Crippen molar-refractivity contribution in [1.29, 1.82) is 0 Å². The molecule has 0 unspecified atom stereocenters. The second kappa shape index (κ2) is 4.97. The number of hydrogen-bond donors (Lipinski definition) is 2. The van der Waals surface area contributed by atoms with Crippen LogP contribution >= 0.6 is 12.6 Å². The SMILES string of the molecule is O=C(O)c1cccc(-c2cccc(CS)n2)n1. The molecule has 1 N–H and O–H groups in total. The predicted molar refractivity (Wildman–Crippen MR) is 67.1 cm³/mol. The number of aromatic nitrogens is 2. The Balaban J connectivity index is 2.45. The minimum Gasteiger partial charge on any atom is -0.477 e. The van der Waals surface area contributed by atoms with Gasteiger partial charge in [0.15, 0.2) is 0 Å². The number of carbonyl (C=O) groups is 1. The molecule has 0 aliphatic heterocycles. The number of thiol groups is 1. The molecular formula is C12H10N2O2S. The summed E-state index contributed by atoms with van der Waals surface area (Å²) in [6.07, 6.45) is 0. The van der Waals surface area contributed by atoms with Gasteiger partial charge in [-0.25, -0.2) is 9.78 Å². The quantitative estimate of drug-likeness (QED) is 0.815. The number of carboxylic acids is 1. The second-order valence-corrected chi connectivity index (χ2v) is 3.70. The molecule has 2 aromatic rings. The van der Waals surface area contributed by atoms with Gasteiger partial charge in [-0.15, -0.1) is 0 Å². The minimum atomic E-state index is -1.04. The Kier molecular flexibility index (Phi) is 3.39. The zero-order valence-electron chi connectivity index (χ0n) is 8.87. The Morgan fingerprint density at radius 2 is 1.76 bits per heavy atom. The predicted octanol–water partition coefficient (Wildman–Crippen LogP) is 2.27. The maximum Gasteiger partial charge on any atom is 0.354 e. The van der Waals surface area contributed by atoms with E-state index in [4.69, 9.17) is 5.11 Å². The van der Waals surface area contributed by atoms with Crippen LogP contribution in [0.1, 0.15) is 16.2 Å². The van der Waals surface area contributed by atoms with Gasteiger partial charge in [0.2, 0.25) is 0 Å². The van der Waals surface area contributed by atoms with E-state index in [1.807, 2.05) is 12.1 Å². The molecule has 0 fully saturated rings. The molecule has 4 nitrogen and oxygen atoms in total. The molecule has 0 aromatic carbocycles. The van der Waals surface area contributed by atoms with Gasteiger partial charge in [-0.05, 0) is 24.3 Å². The summed E-state index contributed by atoms with van der Waals surface area (Å²) in [6, 6.07) is 10.3. The van der Waals surface area contributed by atoms with E-state index in [-0.39, 0.29) is 5.69 Å². The van der Waals surface area contributed by atoms with E-state index in [1.54, 1.807) is 18.2 Å². The number of rotatable bonds is 3. The third kappa shape index (κ3) is 2.62. The number of pyridine rings is 2. The van der Waals surface area contributed by atoms with Crippen LogP contribution in [0.2, 0.25) is 0 Å². The molecule has 0 spiro atoms. The zero-order valence-corrected chi connectivity index (χ0v) is 9.76. The molecule has 0 saturated carbocycles. The van der Waals surface area contributed by atoms with E-state index < -0.39 is 5.97 Å². The largest absolute Gasteiger partial charge is 0.477 e. The summed E-state index contributed by atoms with van der Waals surface area (Å²) in [5.74, 6) is -0.510. The average molecular weight is 246 g/mol. The fourth-order valence-corrected chi connectivity index (χ4v) is 1.58. The summed E-state index contributed by atoms with van der Waals surface area (Å²) in [6.45, 7) is 0. The molecule has 2 heterocycles. The lowest BCUT2D eigenvalue weighted by atomic mass is 10.2. The van der Waals surface area contributed by atoms with Crippen LogP contribution in [0, 0.1) is 0 Å². The monoisotopic (exact) mass is 246 g/mol. The topological polar surface area (TPSA) is 63.1 Å². The molecule has 0 radical (unpaired) electrons. The van der Waals surface area contributed by atoms with Crippen molar-refractivity contribution in [2.75, 3.05) is 0 Å². The highest BCUT2D eigenvalue weighted by Gasteiger charge is 2.07. The van der Waals surface area contributed by atoms with Crippen LogP contribution < -0.4 is 0 Å². The molecule has 0 saturated heterocycles. The van der Waals surface area contributed by atoms with Crippen molar-refractivity contribution in [2.45, 2.75) is 5.75 Å². The Hall–Kier alpha value is -1.88. The van der Waals surface area contributed by atoms with Gasteiger partial charge in [-0.3, -0.25) is 4.98 Å². The van der Waals surface area contributed by atoms with Gasteiger partial charge in [-0.2, -0.15) is 12.6 Å². The molecule has 2 aromatic heterocycles.